The molecule has 0 aliphatic heterocycles. The zero-order valence-electron chi connectivity index (χ0n) is 11.5. The Morgan fingerprint density at radius 1 is 0.941 bits per heavy atom. The van der Waals surface area contributed by atoms with Gasteiger partial charge in [-0.3, -0.25) is 0 Å². The third kappa shape index (κ3) is 5.40. The number of para-hydroxylation sites is 1. The van der Waals surface area contributed by atoms with Crippen molar-refractivity contribution in [3.05, 3.63) is 30.3 Å². The van der Waals surface area contributed by atoms with Gasteiger partial charge in [-0.2, -0.15) is 0 Å². The lowest BCUT2D eigenvalue weighted by Gasteiger charge is -2.28. The van der Waals surface area contributed by atoms with Crippen LogP contribution in [0, 0.1) is 0 Å². The van der Waals surface area contributed by atoms with Crippen LogP contribution in [0.5, 0.6) is 5.75 Å². The van der Waals surface area contributed by atoms with E-state index in [0.29, 0.717) is 0 Å². The molecule has 0 fully saturated rings. The van der Waals surface area contributed by atoms with Crippen LogP contribution in [0.4, 0.5) is 0 Å². The van der Waals surface area contributed by atoms with Gasteiger partial charge in [0.05, 0.1) is 0 Å². The zero-order valence-corrected chi connectivity index (χ0v) is 12.5. The molecule has 2 heteroatoms. The summed E-state index contributed by atoms with van der Waals surface area (Å²) < 4.78 is 6.34. The van der Waals surface area contributed by atoms with Crippen molar-refractivity contribution < 1.29 is 4.43 Å². The average molecular weight is 250 g/mol. The first-order valence-electron chi connectivity index (χ1n) is 6.94. The molecule has 0 aliphatic rings. The van der Waals surface area contributed by atoms with Crippen LogP contribution >= 0.6 is 0 Å². The summed E-state index contributed by atoms with van der Waals surface area (Å²) in [6.45, 7) is 6.92. The molecule has 0 atom stereocenters. The molecule has 0 bridgehead atoms. The van der Waals surface area contributed by atoms with Gasteiger partial charge in [0.25, 0.3) is 0 Å². The Bertz CT molecular complexity index is 289. The molecule has 1 nitrogen and oxygen atoms in total. The topological polar surface area (TPSA) is 9.23 Å². The molecular weight excluding hydrogens is 224 g/mol. The van der Waals surface area contributed by atoms with Crippen LogP contribution in [0.3, 0.4) is 0 Å². The van der Waals surface area contributed by atoms with E-state index in [2.05, 4.69) is 44.7 Å². The second-order valence-corrected chi connectivity index (χ2v) is 9.18. The minimum atomic E-state index is -1.53. The van der Waals surface area contributed by atoms with Crippen molar-refractivity contribution in [1.29, 1.82) is 0 Å². The molecule has 0 aliphatic carbocycles. The molecule has 0 unspecified atom stereocenters. The van der Waals surface area contributed by atoms with Crippen molar-refractivity contribution in [3.63, 3.8) is 0 Å². The summed E-state index contributed by atoms with van der Waals surface area (Å²) in [6, 6.07) is 12.9. The third-order valence-corrected chi connectivity index (χ3v) is 6.78. The minimum Gasteiger partial charge on any atom is -0.544 e. The van der Waals surface area contributed by atoms with Crippen LogP contribution in [-0.2, 0) is 0 Å². The molecule has 1 aromatic rings. The lowest BCUT2D eigenvalue weighted by Crippen LogP contribution is -2.37. The number of rotatable bonds is 8. The van der Waals surface area contributed by atoms with Crippen molar-refractivity contribution in [1.82, 2.24) is 0 Å². The van der Waals surface area contributed by atoms with Crippen LogP contribution in [0.15, 0.2) is 30.3 Å². The first-order valence-corrected chi connectivity index (χ1v) is 9.76. The molecular formula is C15H26OSi. The Kier molecular flexibility index (Phi) is 6.34. The number of hydrogen-bond donors (Lipinski definition) is 0. The van der Waals surface area contributed by atoms with Gasteiger partial charge in [-0.25, -0.2) is 0 Å². The molecule has 0 saturated heterocycles. The lowest BCUT2D eigenvalue weighted by atomic mass is 10.3. The van der Waals surface area contributed by atoms with Gasteiger partial charge in [-0.05, 0) is 30.8 Å². The number of hydrogen-bond acceptors (Lipinski definition) is 1. The fourth-order valence-electron chi connectivity index (χ4n) is 2.10. The molecule has 0 radical (unpaired) electrons. The van der Waals surface area contributed by atoms with Crippen molar-refractivity contribution in [2.45, 2.75) is 58.2 Å². The van der Waals surface area contributed by atoms with Crippen LogP contribution < -0.4 is 4.43 Å². The quantitative estimate of drug-likeness (QED) is 0.573. The van der Waals surface area contributed by atoms with Crippen molar-refractivity contribution in [2.75, 3.05) is 0 Å². The Morgan fingerprint density at radius 2 is 1.47 bits per heavy atom. The third-order valence-electron chi connectivity index (χ3n) is 3.23. The Morgan fingerprint density at radius 3 is 1.94 bits per heavy atom. The highest BCUT2D eigenvalue weighted by molar-refractivity contribution is 6.73. The van der Waals surface area contributed by atoms with Crippen LogP contribution in [-0.4, -0.2) is 8.32 Å². The molecule has 1 aromatic carbocycles. The maximum Gasteiger partial charge on any atom is 0.248 e. The summed E-state index contributed by atoms with van der Waals surface area (Å²) in [7, 11) is -1.53. The summed E-state index contributed by atoms with van der Waals surface area (Å²) in [5.74, 6) is 1.06. The van der Waals surface area contributed by atoms with Gasteiger partial charge in [0.15, 0.2) is 0 Å². The molecule has 0 saturated carbocycles. The second kappa shape index (κ2) is 7.54. The average Bonchev–Trinajstić information content (AvgIpc) is 2.35. The van der Waals surface area contributed by atoms with Gasteiger partial charge in [0, 0.05) is 0 Å². The molecule has 0 aromatic heterocycles. The maximum absolute atomic E-state index is 6.34. The molecule has 0 amide bonds. The van der Waals surface area contributed by atoms with E-state index in [-0.39, 0.29) is 0 Å². The minimum absolute atomic E-state index is 1.06. The molecule has 0 N–H and O–H groups in total. The normalized spacial score (nSPS) is 11.5. The maximum atomic E-state index is 6.34. The molecule has 17 heavy (non-hydrogen) atoms. The fourth-order valence-corrected chi connectivity index (χ4v) is 5.46. The zero-order chi connectivity index (χ0) is 12.6. The van der Waals surface area contributed by atoms with Gasteiger partial charge in [-0.15, -0.1) is 0 Å². The molecule has 0 spiro atoms. The van der Waals surface area contributed by atoms with Gasteiger partial charge in [0.2, 0.25) is 8.32 Å². The van der Waals surface area contributed by atoms with Crippen LogP contribution in [0.2, 0.25) is 18.6 Å². The predicted octanol–water partition coefficient (Wildman–Crippen LogP) is 5.24. The van der Waals surface area contributed by atoms with Gasteiger partial charge < -0.3 is 4.43 Å². The van der Waals surface area contributed by atoms with E-state index in [0.717, 1.165) is 5.75 Å². The van der Waals surface area contributed by atoms with Crippen molar-refractivity contribution in [3.8, 4) is 5.75 Å². The van der Waals surface area contributed by atoms with Crippen LogP contribution in [0.25, 0.3) is 0 Å². The van der Waals surface area contributed by atoms with Crippen molar-refractivity contribution >= 4 is 8.32 Å². The monoisotopic (exact) mass is 250 g/mol. The highest BCUT2D eigenvalue weighted by atomic mass is 28.4. The summed E-state index contributed by atoms with van der Waals surface area (Å²) in [4.78, 5) is 0. The first kappa shape index (κ1) is 14.3. The van der Waals surface area contributed by atoms with E-state index >= 15 is 0 Å². The van der Waals surface area contributed by atoms with E-state index in [1.165, 1.54) is 37.8 Å². The van der Waals surface area contributed by atoms with Gasteiger partial charge >= 0.3 is 0 Å². The fraction of sp³-hybridized carbons (Fsp3) is 0.600. The molecule has 0 heterocycles. The molecule has 1 rings (SSSR count). The number of unbranched alkanes of at least 4 members (excludes halogenated alkanes) is 2. The highest BCUT2D eigenvalue weighted by Gasteiger charge is 2.29. The summed E-state index contributed by atoms with van der Waals surface area (Å²) >= 11 is 0. The number of benzene rings is 1. The second-order valence-electron chi connectivity index (χ2n) is 5.07. The largest absolute Gasteiger partial charge is 0.544 e. The molecule has 96 valence electrons. The first-order chi connectivity index (χ1) is 8.20. The van der Waals surface area contributed by atoms with E-state index in [4.69, 9.17) is 4.43 Å². The van der Waals surface area contributed by atoms with E-state index in [1.807, 2.05) is 6.07 Å². The van der Waals surface area contributed by atoms with E-state index < -0.39 is 8.32 Å². The Balaban J connectivity index is 2.61. The predicted molar refractivity (Wildman–Crippen MR) is 78.1 cm³/mol. The summed E-state index contributed by atoms with van der Waals surface area (Å²) in [6.07, 6.45) is 5.15. The van der Waals surface area contributed by atoms with E-state index in [1.54, 1.807) is 0 Å². The highest BCUT2D eigenvalue weighted by Crippen LogP contribution is 2.25. The lowest BCUT2D eigenvalue weighted by molar-refractivity contribution is 0.526. The summed E-state index contributed by atoms with van der Waals surface area (Å²) in [5.41, 5.74) is 0. The van der Waals surface area contributed by atoms with Gasteiger partial charge in [0.1, 0.15) is 5.75 Å². The standard InChI is InChI=1S/C15H26OSi/c1-4-6-13-17(3,14-7-5-2)16-15-11-9-8-10-12-15/h8-12H,4-7,13-14H2,1-3H3. The van der Waals surface area contributed by atoms with Crippen LogP contribution in [0.1, 0.15) is 39.5 Å². The summed E-state index contributed by atoms with van der Waals surface area (Å²) in [5, 5.41) is 0. The SMILES string of the molecule is CCCC[Si](C)(CCCC)Oc1ccccc1. The van der Waals surface area contributed by atoms with Gasteiger partial charge in [-0.1, -0.05) is 57.7 Å². The smallest absolute Gasteiger partial charge is 0.248 e. The Hall–Kier alpha value is -0.763. The van der Waals surface area contributed by atoms with E-state index in [9.17, 15) is 0 Å². The Labute approximate surface area is 107 Å². The van der Waals surface area contributed by atoms with Crippen molar-refractivity contribution in [2.24, 2.45) is 0 Å².